The molecule has 0 aliphatic heterocycles. The highest BCUT2D eigenvalue weighted by Gasteiger charge is 2.17. The molecule has 0 atom stereocenters. The summed E-state index contributed by atoms with van der Waals surface area (Å²) in [6, 6.07) is 14.4. The molecule has 0 aromatic heterocycles. The average molecular weight is 409 g/mol. The van der Waals surface area contributed by atoms with Crippen LogP contribution in [-0.2, 0) is 14.8 Å². The van der Waals surface area contributed by atoms with Crippen LogP contribution in [0.2, 0.25) is 0 Å². The predicted molar refractivity (Wildman–Crippen MR) is 111 cm³/mol. The van der Waals surface area contributed by atoms with Gasteiger partial charge in [-0.2, -0.15) is 0 Å². The first-order valence-corrected chi connectivity index (χ1v) is 11.5. The van der Waals surface area contributed by atoms with E-state index in [0.29, 0.717) is 17.9 Å². The molecule has 0 saturated heterocycles. The monoisotopic (exact) mass is 408 g/mol. The van der Waals surface area contributed by atoms with Gasteiger partial charge in [-0.15, -0.1) is 11.8 Å². The van der Waals surface area contributed by atoms with Crippen molar-refractivity contribution in [1.82, 2.24) is 0 Å². The quantitative estimate of drug-likeness (QED) is 0.642. The second kappa shape index (κ2) is 9.66. The largest absolute Gasteiger partial charge is 0.497 e. The molecular formula is C19H24N2O4S2. The van der Waals surface area contributed by atoms with Crippen LogP contribution in [0.3, 0.4) is 0 Å². The van der Waals surface area contributed by atoms with Crippen LogP contribution in [0.15, 0.2) is 53.4 Å². The maximum atomic E-state index is 12.2. The molecule has 1 amide bonds. The van der Waals surface area contributed by atoms with Crippen molar-refractivity contribution in [1.29, 1.82) is 0 Å². The topological polar surface area (TPSA) is 75.7 Å². The zero-order chi connectivity index (χ0) is 19.9. The van der Waals surface area contributed by atoms with Crippen LogP contribution in [0.5, 0.6) is 5.75 Å². The second-order valence-corrected chi connectivity index (χ2v) is 8.70. The minimum Gasteiger partial charge on any atom is -0.497 e. The van der Waals surface area contributed by atoms with Crippen molar-refractivity contribution in [3.63, 3.8) is 0 Å². The van der Waals surface area contributed by atoms with E-state index in [0.717, 1.165) is 16.8 Å². The van der Waals surface area contributed by atoms with Gasteiger partial charge in [0.2, 0.25) is 15.9 Å². The Morgan fingerprint density at radius 2 is 1.89 bits per heavy atom. The van der Waals surface area contributed by atoms with E-state index in [2.05, 4.69) is 5.32 Å². The van der Waals surface area contributed by atoms with Crippen molar-refractivity contribution in [3.8, 4) is 5.75 Å². The van der Waals surface area contributed by atoms with Crippen LogP contribution in [0.4, 0.5) is 11.4 Å². The predicted octanol–water partition coefficient (Wildman–Crippen LogP) is 3.60. The number of methoxy groups -OCH3 is 1. The Hall–Kier alpha value is -2.19. The van der Waals surface area contributed by atoms with Gasteiger partial charge in [0.05, 0.1) is 19.1 Å². The number of hydrogen-bond donors (Lipinski definition) is 1. The summed E-state index contributed by atoms with van der Waals surface area (Å²) in [5.41, 5.74) is 1.29. The van der Waals surface area contributed by atoms with E-state index in [-0.39, 0.29) is 18.9 Å². The highest BCUT2D eigenvalue weighted by atomic mass is 32.2. The van der Waals surface area contributed by atoms with Crippen LogP contribution in [0, 0.1) is 0 Å². The van der Waals surface area contributed by atoms with Crippen molar-refractivity contribution in [2.45, 2.75) is 17.7 Å². The summed E-state index contributed by atoms with van der Waals surface area (Å²) in [5.74, 6) is 0.510. The fourth-order valence-electron chi connectivity index (χ4n) is 2.54. The normalized spacial score (nSPS) is 11.1. The summed E-state index contributed by atoms with van der Waals surface area (Å²) < 4.78 is 30.6. The first-order chi connectivity index (χ1) is 12.8. The summed E-state index contributed by atoms with van der Waals surface area (Å²) in [6.07, 6.45) is 3.77. The highest BCUT2D eigenvalue weighted by molar-refractivity contribution is 7.98. The van der Waals surface area contributed by atoms with Gasteiger partial charge in [-0.25, -0.2) is 8.42 Å². The molecule has 2 rings (SSSR count). The van der Waals surface area contributed by atoms with Crippen molar-refractivity contribution < 1.29 is 17.9 Å². The molecule has 6 nitrogen and oxygen atoms in total. The molecule has 8 heteroatoms. The smallest absolute Gasteiger partial charge is 0.232 e. The lowest BCUT2D eigenvalue weighted by atomic mass is 10.2. The molecule has 0 spiro atoms. The number of sulfonamides is 1. The molecular weight excluding hydrogens is 384 g/mol. The number of amides is 1. The summed E-state index contributed by atoms with van der Waals surface area (Å²) >= 11 is 1.60. The van der Waals surface area contributed by atoms with Gasteiger partial charge in [0.25, 0.3) is 0 Å². The first kappa shape index (κ1) is 21.1. The lowest BCUT2D eigenvalue weighted by Crippen LogP contribution is -2.31. The number of rotatable bonds is 9. The standard InChI is InChI=1S/C19H24N2O4S2/c1-25-17-11-9-16(10-12-17)21(27(3,23)24)13-5-8-19(22)20-15-6-4-7-18(14-15)26-2/h4,6-7,9-12,14H,5,8,13H2,1-3H3,(H,20,22). The molecule has 0 aliphatic rings. The molecule has 0 saturated carbocycles. The van der Waals surface area contributed by atoms with E-state index in [1.807, 2.05) is 30.5 Å². The van der Waals surface area contributed by atoms with Gasteiger partial charge in [0.15, 0.2) is 0 Å². The number of thioether (sulfide) groups is 1. The number of benzene rings is 2. The van der Waals surface area contributed by atoms with Gasteiger partial charge in [-0.3, -0.25) is 9.10 Å². The van der Waals surface area contributed by atoms with Crippen LogP contribution in [-0.4, -0.2) is 40.5 Å². The molecule has 27 heavy (non-hydrogen) atoms. The lowest BCUT2D eigenvalue weighted by molar-refractivity contribution is -0.116. The SMILES string of the molecule is COc1ccc(N(CCCC(=O)Nc2cccc(SC)c2)S(C)(=O)=O)cc1. The number of carbonyl (C=O) groups is 1. The molecule has 146 valence electrons. The van der Waals surface area contributed by atoms with Gasteiger partial charge in [0.1, 0.15) is 5.75 Å². The summed E-state index contributed by atoms with van der Waals surface area (Å²) in [7, 11) is -1.89. The van der Waals surface area contributed by atoms with Crippen LogP contribution < -0.4 is 14.4 Å². The Kier molecular flexibility index (Phi) is 7.55. The Labute approximate surface area is 165 Å². The third kappa shape index (κ3) is 6.48. The van der Waals surface area contributed by atoms with Gasteiger partial charge < -0.3 is 10.1 Å². The van der Waals surface area contributed by atoms with Crippen molar-refractivity contribution in [2.24, 2.45) is 0 Å². The molecule has 2 aromatic carbocycles. The van der Waals surface area contributed by atoms with E-state index in [1.165, 1.54) is 4.31 Å². The molecule has 2 aromatic rings. The Balaban J connectivity index is 1.95. The van der Waals surface area contributed by atoms with Gasteiger partial charge in [-0.1, -0.05) is 6.07 Å². The fraction of sp³-hybridized carbons (Fsp3) is 0.316. The number of carbonyl (C=O) groups excluding carboxylic acids is 1. The van der Waals surface area contributed by atoms with Crippen molar-refractivity contribution in [3.05, 3.63) is 48.5 Å². The fourth-order valence-corrected chi connectivity index (χ4v) is 3.97. The van der Waals surface area contributed by atoms with Crippen molar-refractivity contribution >= 4 is 39.1 Å². The Morgan fingerprint density at radius 1 is 1.19 bits per heavy atom. The molecule has 0 fully saturated rings. The highest BCUT2D eigenvalue weighted by Crippen LogP contribution is 2.22. The van der Waals surface area contributed by atoms with E-state index < -0.39 is 10.0 Å². The van der Waals surface area contributed by atoms with Gasteiger partial charge in [0, 0.05) is 23.5 Å². The molecule has 1 N–H and O–H groups in total. The second-order valence-electron chi connectivity index (χ2n) is 5.92. The summed E-state index contributed by atoms with van der Waals surface area (Å²) in [6.45, 7) is 0.226. The van der Waals surface area contributed by atoms with Crippen LogP contribution in [0.25, 0.3) is 0 Å². The zero-order valence-electron chi connectivity index (χ0n) is 15.6. The maximum absolute atomic E-state index is 12.2. The number of nitrogens with zero attached hydrogens (tertiary/aromatic N) is 1. The molecule has 0 radical (unpaired) electrons. The number of nitrogens with one attached hydrogen (secondary N) is 1. The van der Waals surface area contributed by atoms with E-state index in [9.17, 15) is 13.2 Å². The molecule has 0 aliphatic carbocycles. The molecule has 0 bridgehead atoms. The molecule has 0 unspecified atom stereocenters. The Morgan fingerprint density at radius 3 is 2.48 bits per heavy atom. The van der Waals surface area contributed by atoms with E-state index in [1.54, 1.807) is 43.1 Å². The zero-order valence-corrected chi connectivity index (χ0v) is 17.3. The van der Waals surface area contributed by atoms with Crippen LogP contribution in [0.1, 0.15) is 12.8 Å². The third-order valence-electron chi connectivity index (χ3n) is 3.88. The Bertz CT molecular complexity index is 868. The number of anilines is 2. The summed E-state index contributed by atoms with van der Waals surface area (Å²) in [5, 5.41) is 2.85. The van der Waals surface area contributed by atoms with Gasteiger partial charge >= 0.3 is 0 Å². The third-order valence-corrected chi connectivity index (χ3v) is 5.80. The minimum atomic E-state index is -3.45. The van der Waals surface area contributed by atoms with Crippen molar-refractivity contribution in [2.75, 3.05) is 35.8 Å². The van der Waals surface area contributed by atoms with E-state index >= 15 is 0 Å². The lowest BCUT2D eigenvalue weighted by Gasteiger charge is -2.22. The maximum Gasteiger partial charge on any atom is 0.232 e. The van der Waals surface area contributed by atoms with Gasteiger partial charge in [-0.05, 0) is 55.1 Å². The number of hydrogen-bond acceptors (Lipinski definition) is 5. The van der Waals surface area contributed by atoms with E-state index in [4.69, 9.17) is 4.74 Å². The first-order valence-electron chi connectivity index (χ1n) is 8.39. The average Bonchev–Trinajstić information content (AvgIpc) is 2.64. The molecule has 0 heterocycles. The number of ether oxygens (including phenoxy) is 1. The van der Waals surface area contributed by atoms with Crippen LogP contribution >= 0.6 is 11.8 Å². The summed E-state index contributed by atoms with van der Waals surface area (Å²) in [4.78, 5) is 13.2. The minimum absolute atomic E-state index is 0.142.